The maximum absolute atomic E-state index is 11.1. The fourth-order valence-electron chi connectivity index (χ4n) is 4.28. The van der Waals surface area contributed by atoms with Gasteiger partial charge in [0, 0.05) is 6.42 Å². The van der Waals surface area contributed by atoms with Gasteiger partial charge in [0.1, 0.15) is 6.61 Å². The lowest BCUT2D eigenvalue weighted by Crippen LogP contribution is -2.39. The standard InChI is InChI=1S/C20H30O2/c1-18(2,3)16-7-11-20(21,12-8-16)13-17-14-22-15-19(17)9-5-4-6-10-19/h4-6,9,14,16,21H,7-8,10-13,15H2,1-3H3. The second-order valence-corrected chi connectivity index (χ2v) is 8.64. The van der Waals surface area contributed by atoms with Crippen LogP contribution in [-0.2, 0) is 4.74 Å². The van der Waals surface area contributed by atoms with Crippen molar-refractivity contribution >= 4 is 0 Å². The Kier molecular flexibility index (Phi) is 4.01. The van der Waals surface area contributed by atoms with Crippen LogP contribution in [0.3, 0.4) is 0 Å². The van der Waals surface area contributed by atoms with E-state index in [-0.39, 0.29) is 5.41 Å². The van der Waals surface area contributed by atoms with Crippen molar-refractivity contribution in [1.29, 1.82) is 0 Å². The Bertz CT molecular complexity index is 498. The topological polar surface area (TPSA) is 29.5 Å². The molecule has 2 heteroatoms. The van der Waals surface area contributed by atoms with E-state index in [2.05, 4.69) is 45.1 Å². The molecule has 0 bridgehead atoms. The fourth-order valence-corrected chi connectivity index (χ4v) is 4.28. The monoisotopic (exact) mass is 302 g/mol. The fraction of sp³-hybridized carbons (Fsp3) is 0.700. The van der Waals surface area contributed by atoms with Crippen LogP contribution in [0.4, 0.5) is 0 Å². The summed E-state index contributed by atoms with van der Waals surface area (Å²) in [4.78, 5) is 0. The Morgan fingerprint density at radius 3 is 2.55 bits per heavy atom. The SMILES string of the molecule is CC(C)(C)C1CCC(O)(CC2=COCC23C=CC=CC3)CC1. The van der Waals surface area contributed by atoms with E-state index in [1.807, 2.05) is 6.26 Å². The van der Waals surface area contributed by atoms with Crippen LogP contribution in [0.15, 0.2) is 36.1 Å². The quantitative estimate of drug-likeness (QED) is 0.797. The number of hydrogen-bond donors (Lipinski definition) is 1. The first-order valence-corrected chi connectivity index (χ1v) is 8.71. The van der Waals surface area contributed by atoms with E-state index in [0.29, 0.717) is 5.41 Å². The van der Waals surface area contributed by atoms with Crippen molar-refractivity contribution in [2.45, 2.75) is 64.9 Å². The third-order valence-electron chi connectivity index (χ3n) is 6.01. The van der Waals surface area contributed by atoms with Crippen molar-refractivity contribution in [2.75, 3.05) is 6.61 Å². The number of allylic oxidation sites excluding steroid dienone is 3. The van der Waals surface area contributed by atoms with Crippen molar-refractivity contribution < 1.29 is 9.84 Å². The highest BCUT2D eigenvalue weighted by Crippen LogP contribution is 2.48. The highest BCUT2D eigenvalue weighted by molar-refractivity contribution is 5.32. The first kappa shape index (κ1) is 15.9. The number of aliphatic hydroxyl groups is 1. The van der Waals surface area contributed by atoms with E-state index in [1.165, 1.54) is 5.57 Å². The lowest BCUT2D eigenvalue weighted by Gasteiger charge is -2.42. The smallest absolute Gasteiger partial charge is 0.101 e. The molecule has 122 valence electrons. The van der Waals surface area contributed by atoms with Gasteiger partial charge in [0.2, 0.25) is 0 Å². The third-order valence-corrected chi connectivity index (χ3v) is 6.01. The molecular formula is C20H30O2. The van der Waals surface area contributed by atoms with Gasteiger partial charge in [-0.3, -0.25) is 0 Å². The van der Waals surface area contributed by atoms with Gasteiger partial charge in [0.05, 0.1) is 17.3 Å². The molecule has 0 aromatic rings. The van der Waals surface area contributed by atoms with Crippen molar-refractivity contribution in [3.63, 3.8) is 0 Å². The molecule has 1 heterocycles. The van der Waals surface area contributed by atoms with E-state index in [1.54, 1.807) is 0 Å². The minimum atomic E-state index is -0.538. The molecule has 1 unspecified atom stereocenters. The molecule has 1 saturated carbocycles. The second-order valence-electron chi connectivity index (χ2n) is 8.64. The average Bonchev–Trinajstić information content (AvgIpc) is 2.81. The summed E-state index contributed by atoms with van der Waals surface area (Å²) in [7, 11) is 0. The Balaban J connectivity index is 1.66. The summed E-state index contributed by atoms with van der Waals surface area (Å²) >= 11 is 0. The minimum Gasteiger partial charge on any atom is -0.500 e. The summed E-state index contributed by atoms with van der Waals surface area (Å²) in [6.45, 7) is 7.69. The Hall–Kier alpha value is -1.02. The van der Waals surface area contributed by atoms with Crippen LogP contribution in [0.1, 0.15) is 59.3 Å². The van der Waals surface area contributed by atoms with Crippen LogP contribution in [0.25, 0.3) is 0 Å². The molecule has 1 spiro atoms. The maximum Gasteiger partial charge on any atom is 0.101 e. The Morgan fingerprint density at radius 2 is 1.95 bits per heavy atom. The maximum atomic E-state index is 11.1. The second kappa shape index (κ2) is 5.56. The number of ether oxygens (including phenoxy) is 1. The van der Waals surface area contributed by atoms with Gasteiger partial charge in [-0.2, -0.15) is 0 Å². The lowest BCUT2D eigenvalue weighted by atomic mass is 9.65. The van der Waals surface area contributed by atoms with Gasteiger partial charge in [0.15, 0.2) is 0 Å². The Morgan fingerprint density at radius 1 is 1.23 bits per heavy atom. The van der Waals surface area contributed by atoms with Gasteiger partial charge < -0.3 is 9.84 Å². The van der Waals surface area contributed by atoms with Crippen LogP contribution in [0, 0.1) is 16.7 Å². The summed E-state index contributed by atoms with van der Waals surface area (Å²) < 4.78 is 5.65. The molecule has 0 radical (unpaired) electrons. The molecule has 1 fully saturated rings. The van der Waals surface area contributed by atoms with E-state index < -0.39 is 5.60 Å². The minimum absolute atomic E-state index is 0.00531. The zero-order valence-corrected chi connectivity index (χ0v) is 14.3. The first-order valence-electron chi connectivity index (χ1n) is 8.71. The molecule has 0 aromatic carbocycles. The molecule has 0 aromatic heterocycles. The van der Waals surface area contributed by atoms with Gasteiger partial charge in [0.25, 0.3) is 0 Å². The van der Waals surface area contributed by atoms with Crippen molar-refractivity contribution in [1.82, 2.24) is 0 Å². The predicted molar refractivity (Wildman–Crippen MR) is 90.3 cm³/mol. The van der Waals surface area contributed by atoms with Crippen molar-refractivity contribution in [2.24, 2.45) is 16.7 Å². The molecular weight excluding hydrogens is 272 g/mol. The number of hydrogen-bond acceptors (Lipinski definition) is 2. The molecule has 1 N–H and O–H groups in total. The van der Waals surface area contributed by atoms with Crippen LogP contribution in [-0.4, -0.2) is 17.3 Å². The van der Waals surface area contributed by atoms with E-state index >= 15 is 0 Å². The zero-order chi connectivity index (χ0) is 15.8. The summed E-state index contributed by atoms with van der Waals surface area (Å²) in [6, 6.07) is 0. The van der Waals surface area contributed by atoms with Gasteiger partial charge >= 0.3 is 0 Å². The van der Waals surface area contributed by atoms with Crippen LogP contribution >= 0.6 is 0 Å². The normalized spacial score (nSPS) is 38.2. The highest BCUT2D eigenvalue weighted by atomic mass is 16.5. The molecule has 3 aliphatic rings. The van der Waals surface area contributed by atoms with Crippen LogP contribution < -0.4 is 0 Å². The zero-order valence-electron chi connectivity index (χ0n) is 14.3. The molecule has 2 aliphatic carbocycles. The largest absolute Gasteiger partial charge is 0.500 e. The lowest BCUT2D eigenvalue weighted by molar-refractivity contribution is -0.0266. The van der Waals surface area contributed by atoms with Crippen molar-refractivity contribution in [3.05, 3.63) is 36.1 Å². The summed E-state index contributed by atoms with van der Waals surface area (Å²) in [5.41, 5.74) is 1.11. The predicted octanol–water partition coefficient (Wildman–Crippen LogP) is 4.76. The molecule has 0 amide bonds. The molecule has 1 atom stereocenters. The summed E-state index contributed by atoms with van der Waals surface area (Å²) in [5, 5.41) is 11.1. The van der Waals surface area contributed by atoms with E-state index in [0.717, 1.165) is 51.0 Å². The third kappa shape index (κ3) is 3.03. The summed E-state index contributed by atoms with van der Waals surface area (Å²) in [5.74, 6) is 0.730. The molecule has 1 aliphatic heterocycles. The molecule has 3 rings (SSSR count). The number of rotatable bonds is 2. The van der Waals surface area contributed by atoms with Crippen molar-refractivity contribution in [3.8, 4) is 0 Å². The van der Waals surface area contributed by atoms with Crippen LogP contribution in [0.2, 0.25) is 0 Å². The Labute approximate surface area is 134 Å². The van der Waals surface area contributed by atoms with Gasteiger partial charge in [-0.15, -0.1) is 0 Å². The highest BCUT2D eigenvalue weighted by Gasteiger charge is 2.43. The molecule has 22 heavy (non-hydrogen) atoms. The van der Waals surface area contributed by atoms with Crippen LogP contribution in [0.5, 0.6) is 0 Å². The van der Waals surface area contributed by atoms with E-state index in [9.17, 15) is 5.11 Å². The first-order chi connectivity index (χ1) is 10.3. The van der Waals surface area contributed by atoms with E-state index in [4.69, 9.17) is 4.74 Å². The van der Waals surface area contributed by atoms with Gasteiger partial charge in [-0.05, 0) is 49.0 Å². The van der Waals surface area contributed by atoms with Gasteiger partial charge in [-0.1, -0.05) is 45.1 Å². The summed E-state index contributed by atoms with van der Waals surface area (Å²) in [6.07, 6.45) is 16.5. The molecule has 0 saturated heterocycles. The average molecular weight is 302 g/mol. The van der Waals surface area contributed by atoms with Gasteiger partial charge in [-0.25, -0.2) is 0 Å². The molecule has 2 nitrogen and oxygen atoms in total.